The predicted octanol–water partition coefficient (Wildman–Crippen LogP) is 4.50. The van der Waals surface area contributed by atoms with Gasteiger partial charge < -0.3 is 25.3 Å². The number of rotatable bonds is 18. The second kappa shape index (κ2) is 14.9. The topological polar surface area (TPSA) is 65.7 Å². The first-order valence-corrected chi connectivity index (χ1v) is 11.2. The number of ether oxygens (including phenoxy) is 3. The van der Waals surface area contributed by atoms with Crippen LogP contribution >= 0.6 is 0 Å². The van der Waals surface area contributed by atoms with Crippen molar-refractivity contribution in [1.82, 2.24) is 5.32 Å². The Morgan fingerprint density at radius 2 is 1.48 bits per heavy atom. The number of hydrogen-bond donors (Lipinski definition) is 2. The van der Waals surface area contributed by atoms with Gasteiger partial charge in [-0.15, -0.1) is 0 Å². The van der Waals surface area contributed by atoms with Crippen LogP contribution in [-0.2, 0) is 20.6 Å². The number of benzene rings is 1. The van der Waals surface area contributed by atoms with Crippen molar-refractivity contribution in [1.29, 1.82) is 0 Å². The Bertz CT molecular complexity index is 500. The SMILES string of the molecule is CCCCCCCCC(CCc1ccccc1)(CNCCN)C(OC)(OC)OC. The smallest absolute Gasteiger partial charge is 0.289 e. The Balaban J connectivity index is 3.01. The summed E-state index contributed by atoms with van der Waals surface area (Å²) in [4.78, 5) is 0. The molecule has 0 radical (unpaired) electrons. The van der Waals surface area contributed by atoms with Crippen molar-refractivity contribution in [2.45, 2.75) is 70.7 Å². The minimum atomic E-state index is -1.09. The maximum Gasteiger partial charge on any atom is 0.289 e. The van der Waals surface area contributed by atoms with Crippen molar-refractivity contribution in [3.8, 4) is 0 Å². The molecule has 0 aliphatic heterocycles. The van der Waals surface area contributed by atoms with Crippen LogP contribution in [0.25, 0.3) is 0 Å². The Morgan fingerprint density at radius 3 is 2.07 bits per heavy atom. The third kappa shape index (κ3) is 7.99. The van der Waals surface area contributed by atoms with E-state index in [1.54, 1.807) is 21.3 Å². The van der Waals surface area contributed by atoms with E-state index >= 15 is 0 Å². The van der Waals surface area contributed by atoms with Crippen LogP contribution in [0.5, 0.6) is 0 Å². The van der Waals surface area contributed by atoms with Gasteiger partial charge in [0.05, 0.1) is 5.41 Å². The lowest BCUT2D eigenvalue weighted by Gasteiger charge is -2.47. The molecule has 0 amide bonds. The van der Waals surface area contributed by atoms with Crippen molar-refractivity contribution in [3.05, 3.63) is 35.9 Å². The molecule has 0 bridgehead atoms. The highest BCUT2D eigenvalue weighted by atomic mass is 16.9. The number of aryl methyl sites for hydroxylation is 1. The lowest BCUT2D eigenvalue weighted by atomic mass is 9.74. The van der Waals surface area contributed by atoms with Gasteiger partial charge in [-0.1, -0.05) is 75.8 Å². The monoisotopic (exact) mass is 408 g/mol. The molecule has 1 atom stereocenters. The maximum absolute atomic E-state index is 5.90. The molecule has 0 aliphatic rings. The zero-order valence-electron chi connectivity index (χ0n) is 19.2. The van der Waals surface area contributed by atoms with Gasteiger partial charge >= 0.3 is 0 Å². The van der Waals surface area contributed by atoms with Gasteiger partial charge in [-0.25, -0.2) is 0 Å². The van der Waals surface area contributed by atoms with Crippen LogP contribution in [0.4, 0.5) is 0 Å². The van der Waals surface area contributed by atoms with Gasteiger partial charge in [-0.2, -0.15) is 0 Å². The lowest BCUT2D eigenvalue weighted by molar-refractivity contribution is -0.408. The van der Waals surface area contributed by atoms with Crippen LogP contribution in [0.1, 0.15) is 63.9 Å². The highest BCUT2D eigenvalue weighted by Crippen LogP contribution is 2.44. The molecular formula is C24H44N2O3. The largest absolute Gasteiger partial charge is 0.330 e. The molecule has 1 unspecified atom stereocenters. The Hall–Kier alpha value is -0.980. The molecule has 3 N–H and O–H groups in total. The van der Waals surface area contributed by atoms with Crippen LogP contribution in [0.15, 0.2) is 30.3 Å². The molecule has 0 heterocycles. The van der Waals surface area contributed by atoms with Crippen molar-refractivity contribution in [2.24, 2.45) is 11.1 Å². The Kier molecular flexibility index (Phi) is 13.4. The fourth-order valence-electron chi connectivity index (χ4n) is 4.32. The average Bonchev–Trinajstić information content (AvgIpc) is 2.77. The fourth-order valence-corrected chi connectivity index (χ4v) is 4.32. The molecule has 5 nitrogen and oxygen atoms in total. The van der Waals surface area contributed by atoms with Gasteiger partial charge in [0, 0.05) is 41.0 Å². The van der Waals surface area contributed by atoms with Crippen molar-refractivity contribution in [3.63, 3.8) is 0 Å². The summed E-state index contributed by atoms with van der Waals surface area (Å²) in [6.45, 7) is 4.35. The van der Waals surface area contributed by atoms with E-state index in [1.807, 2.05) is 0 Å². The minimum absolute atomic E-state index is 0.318. The number of hydrogen-bond acceptors (Lipinski definition) is 5. The van der Waals surface area contributed by atoms with E-state index in [9.17, 15) is 0 Å². The van der Waals surface area contributed by atoms with E-state index in [2.05, 4.69) is 42.6 Å². The molecule has 168 valence electrons. The summed E-state index contributed by atoms with van der Waals surface area (Å²) in [6, 6.07) is 10.6. The normalized spacial score (nSPS) is 14.1. The van der Waals surface area contributed by atoms with E-state index in [0.717, 1.165) is 38.8 Å². The van der Waals surface area contributed by atoms with E-state index in [1.165, 1.54) is 37.7 Å². The van der Waals surface area contributed by atoms with Crippen LogP contribution in [0.3, 0.4) is 0 Å². The second-order valence-corrected chi connectivity index (χ2v) is 7.92. The standard InChI is InChI=1S/C24H44N2O3/c1-5-6-7-8-9-13-17-23(21-26-20-19-25,24(27-2,28-3)29-4)18-16-22-14-11-10-12-15-22/h10-12,14-15,26H,5-9,13,16-21,25H2,1-4H3. The summed E-state index contributed by atoms with van der Waals surface area (Å²) in [7, 11) is 5.03. The third-order valence-corrected chi connectivity index (χ3v) is 5.98. The van der Waals surface area contributed by atoms with Crippen LogP contribution in [-0.4, -0.2) is 46.9 Å². The molecule has 0 aromatic heterocycles. The summed E-state index contributed by atoms with van der Waals surface area (Å²) in [5.41, 5.74) is 6.74. The van der Waals surface area contributed by atoms with E-state index in [-0.39, 0.29) is 5.41 Å². The number of nitrogens with two attached hydrogens (primary N) is 1. The molecule has 0 saturated heterocycles. The van der Waals surface area contributed by atoms with Crippen molar-refractivity contribution >= 4 is 0 Å². The van der Waals surface area contributed by atoms with Crippen molar-refractivity contribution < 1.29 is 14.2 Å². The summed E-state index contributed by atoms with van der Waals surface area (Å²) < 4.78 is 17.7. The predicted molar refractivity (Wildman–Crippen MR) is 121 cm³/mol. The number of unbranched alkanes of at least 4 members (excludes halogenated alkanes) is 5. The first kappa shape index (κ1) is 26.1. The molecular weight excluding hydrogens is 364 g/mol. The fraction of sp³-hybridized carbons (Fsp3) is 0.750. The minimum Gasteiger partial charge on any atom is -0.330 e. The van der Waals surface area contributed by atoms with Crippen molar-refractivity contribution in [2.75, 3.05) is 41.0 Å². The first-order chi connectivity index (χ1) is 14.1. The highest BCUT2D eigenvalue weighted by Gasteiger charge is 2.52. The molecule has 1 rings (SSSR count). The zero-order chi connectivity index (χ0) is 21.4. The summed E-state index contributed by atoms with van der Waals surface area (Å²) in [6.07, 6.45) is 10.3. The van der Waals surface area contributed by atoms with E-state index in [0.29, 0.717) is 6.54 Å². The van der Waals surface area contributed by atoms with Gasteiger partial charge in [-0.05, 0) is 24.8 Å². The van der Waals surface area contributed by atoms with Gasteiger partial charge in [0.25, 0.3) is 5.97 Å². The number of methoxy groups -OCH3 is 3. The van der Waals surface area contributed by atoms with Crippen LogP contribution in [0, 0.1) is 5.41 Å². The molecule has 1 aromatic carbocycles. The molecule has 0 saturated carbocycles. The van der Waals surface area contributed by atoms with E-state index < -0.39 is 5.97 Å². The average molecular weight is 409 g/mol. The van der Waals surface area contributed by atoms with Gasteiger partial charge in [-0.3, -0.25) is 0 Å². The third-order valence-electron chi connectivity index (χ3n) is 5.98. The summed E-state index contributed by atoms with van der Waals surface area (Å²) >= 11 is 0. The zero-order valence-corrected chi connectivity index (χ0v) is 19.2. The molecule has 0 aliphatic carbocycles. The number of nitrogens with one attached hydrogen (secondary N) is 1. The Morgan fingerprint density at radius 1 is 0.862 bits per heavy atom. The first-order valence-electron chi connectivity index (χ1n) is 11.2. The van der Waals surface area contributed by atoms with Gasteiger partial charge in [0.2, 0.25) is 0 Å². The lowest BCUT2D eigenvalue weighted by Crippen LogP contribution is -2.58. The molecule has 1 aromatic rings. The molecule has 0 fully saturated rings. The van der Waals surface area contributed by atoms with Gasteiger partial charge in [0.15, 0.2) is 0 Å². The molecule has 29 heavy (non-hydrogen) atoms. The maximum atomic E-state index is 5.90. The van der Waals surface area contributed by atoms with E-state index in [4.69, 9.17) is 19.9 Å². The Labute approximate surface area is 178 Å². The summed E-state index contributed by atoms with van der Waals surface area (Å²) in [5.74, 6) is -1.09. The van der Waals surface area contributed by atoms with Crippen LogP contribution in [0.2, 0.25) is 0 Å². The van der Waals surface area contributed by atoms with Crippen LogP contribution < -0.4 is 11.1 Å². The quantitative estimate of drug-likeness (QED) is 0.277. The second-order valence-electron chi connectivity index (χ2n) is 7.92. The highest BCUT2D eigenvalue weighted by molar-refractivity contribution is 5.15. The van der Waals surface area contributed by atoms with Gasteiger partial charge in [0.1, 0.15) is 0 Å². The summed E-state index contributed by atoms with van der Waals surface area (Å²) in [5, 5.41) is 3.52. The molecule has 0 spiro atoms. The molecule has 5 heteroatoms.